The normalized spacial score (nSPS) is 10.6. The highest BCUT2D eigenvalue weighted by molar-refractivity contribution is 5.03. The van der Waals surface area contributed by atoms with Crippen LogP contribution in [0.3, 0.4) is 0 Å². The molecule has 0 aliphatic carbocycles. The first-order valence-corrected chi connectivity index (χ1v) is 4.32. The van der Waals surface area contributed by atoms with Crippen LogP contribution in [0.1, 0.15) is 17.8 Å². The second-order valence-corrected chi connectivity index (χ2v) is 2.82. The fourth-order valence-electron chi connectivity index (χ4n) is 0.958. The highest BCUT2D eigenvalue weighted by Crippen LogP contribution is 1.98. The van der Waals surface area contributed by atoms with E-state index in [9.17, 15) is 0 Å². The van der Waals surface area contributed by atoms with E-state index in [0.717, 1.165) is 31.0 Å². The smallest absolute Gasteiger partial charge is 0.121 e. The fraction of sp³-hybridized carbons (Fsp3) is 0.750. The van der Waals surface area contributed by atoms with Crippen molar-refractivity contribution in [1.82, 2.24) is 15.6 Å². The SMILES string of the molecule is COCCCNCc1nonc1C. The largest absolute Gasteiger partial charge is 0.385 e. The van der Waals surface area contributed by atoms with E-state index in [1.807, 2.05) is 6.92 Å². The zero-order valence-corrected chi connectivity index (χ0v) is 8.04. The monoisotopic (exact) mass is 185 g/mol. The van der Waals surface area contributed by atoms with Crippen LogP contribution in [0.15, 0.2) is 4.63 Å². The van der Waals surface area contributed by atoms with Crippen molar-refractivity contribution < 1.29 is 9.37 Å². The summed E-state index contributed by atoms with van der Waals surface area (Å²) in [6.45, 7) is 4.28. The van der Waals surface area contributed by atoms with Gasteiger partial charge in [0.1, 0.15) is 11.4 Å². The number of aryl methyl sites for hydroxylation is 1. The van der Waals surface area contributed by atoms with E-state index >= 15 is 0 Å². The van der Waals surface area contributed by atoms with Crippen LogP contribution in [0.2, 0.25) is 0 Å². The lowest BCUT2D eigenvalue weighted by molar-refractivity contribution is 0.194. The second-order valence-electron chi connectivity index (χ2n) is 2.82. The van der Waals surface area contributed by atoms with Crippen LogP contribution in [0, 0.1) is 6.92 Å². The maximum Gasteiger partial charge on any atom is 0.121 e. The Morgan fingerprint density at radius 3 is 2.92 bits per heavy atom. The standard InChI is InChI=1S/C8H15N3O2/c1-7-8(11-13-10-7)6-9-4-3-5-12-2/h9H,3-6H2,1-2H3. The molecule has 0 fully saturated rings. The molecule has 0 saturated carbocycles. The number of nitrogens with one attached hydrogen (secondary N) is 1. The van der Waals surface area contributed by atoms with Gasteiger partial charge in [-0.1, -0.05) is 10.3 Å². The molecule has 1 rings (SSSR count). The molecule has 0 aliphatic heterocycles. The molecule has 1 aromatic rings. The van der Waals surface area contributed by atoms with Gasteiger partial charge in [0.05, 0.1) is 0 Å². The lowest BCUT2D eigenvalue weighted by Crippen LogP contribution is -2.16. The molecular weight excluding hydrogens is 170 g/mol. The minimum atomic E-state index is 0.707. The molecule has 0 amide bonds. The Morgan fingerprint density at radius 1 is 1.46 bits per heavy atom. The summed E-state index contributed by atoms with van der Waals surface area (Å²) in [5, 5.41) is 10.7. The Kier molecular flexibility index (Phi) is 4.42. The van der Waals surface area contributed by atoms with E-state index in [4.69, 9.17) is 4.74 Å². The first-order valence-electron chi connectivity index (χ1n) is 4.32. The summed E-state index contributed by atoms with van der Waals surface area (Å²) in [6, 6.07) is 0. The number of hydrogen-bond acceptors (Lipinski definition) is 5. The highest BCUT2D eigenvalue weighted by Gasteiger charge is 2.02. The van der Waals surface area contributed by atoms with Crippen LogP contribution in [-0.2, 0) is 11.3 Å². The van der Waals surface area contributed by atoms with Gasteiger partial charge in [-0.15, -0.1) is 0 Å². The van der Waals surface area contributed by atoms with Crippen molar-refractivity contribution in [1.29, 1.82) is 0 Å². The Hall–Kier alpha value is -0.940. The molecule has 0 bridgehead atoms. The lowest BCUT2D eigenvalue weighted by Gasteiger charge is -2.00. The lowest BCUT2D eigenvalue weighted by atomic mass is 10.3. The van der Waals surface area contributed by atoms with E-state index in [-0.39, 0.29) is 0 Å². The van der Waals surface area contributed by atoms with Gasteiger partial charge in [0.2, 0.25) is 0 Å². The van der Waals surface area contributed by atoms with Crippen LogP contribution >= 0.6 is 0 Å². The maximum atomic E-state index is 4.92. The van der Waals surface area contributed by atoms with Gasteiger partial charge in [-0.05, 0) is 19.9 Å². The van der Waals surface area contributed by atoms with E-state index in [0.29, 0.717) is 6.54 Å². The van der Waals surface area contributed by atoms with Gasteiger partial charge in [-0.2, -0.15) is 0 Å². The number of aromatic nitrogens is 2. The molecule has 0 aromatic carbocycles. The third-order valence-corrected chi connectivity index (χ3v) is 1.74. The van der Waals surface area contributed by atoms with Gasteiger partial charge in [0.15, 0.2) is 0 Å². The zero-order valence-electron chi connectivity index (χ0n) is 8.04. The molecule has 0 saturated heterocycles. The van der Waals surface area contributed by atoms with E-state index in [2.05, 4.69) is 20.3 Å². The van der Waals surface area contributed by atoms with Crippen molar-refractivity contribution in [3.8, 4) is 0 Å². The minimum absolute atomic E-state index is 0.707. The van der Waals surface area contributed by atoms with Crippen molar-refractivity contribution in [2.24, 2.45) is 0 Å². The van der Waals surface area contributed by atoms with Crippen LogP contribution in [0.4, 0.5) is 0 Å². The van der Waals surface area contributed by atoms with Gasteiger partial charge < -0.3 is 10.1 Å². The maximum absolute atomic E-state index is 4.92. The number of ether oxygens (including phenoxy) is 1. The quantitative estimate of drug-likeness (QED) is 0.654. The molecule has 1 N–H and O–H groups in total. The average molecular weight is 185 g/mol. The van der Waals surface area contributed by atoms with E-state index in [1.54, 1.807) is 7.11 Å². The van der Waals surface area contributed by atoms with Crippen molar-refractivity contribution >= 4 is 0 Å². The highest BCUT2D eigenvalue weighted by atomic mass is 16.6. The molecule has 13 heavy (non-hydrogen) atoms. The predicted molar refractivity (Wildman–Crippen MR) is 47.2 cm³/mol. The Bertz CT molecular complexity index is 237. The van der Waals surface area contributed by atoms with Crippen LogP contribution in [0.25, 0.3) is 0 Å². The number of nitrogens with zero attached hydrogens (tertiary/aromatic N) is 2. The molecule has 5 heteroatoms. The molecule has 0 radical (unpaired) electrons. The summed E-state index contributed by atoms with van der Waals surface area (Å²) >= 11 is 0. The molecule has 0 unspecified atom stereocenters. The van der Waals surface area contributed by atoms with Crippen LogP contribution < -0.4 is 5.32 Å². The Balaban J connectivity index is 2.10. The Morgan fingerprint density at radius 2 is 2.31 bits per heavy atom. The third-order valence-electron chi connectivity index (χ3n) is 1.74. The fourth-order valence-corrected chi connectivity index (χ4v) is 0.958. The topological polar surface area (TPSA) is 60.2 Å². The molecule has 0 spiro atoms. The average Bonchev–Trinajstić information content (AvgIpc) is 2.52. The molecule has 0 atom stereocenters. The summed E-state index contributed by atoms with van der Waals surface area (Å²) < 4.78 is 9.48. The molecule has 74 valence electrons. The van der Waals surface area contributed by atoms with Crippen LogP contribution in [-0.4, -0.2) is 30.6 Å². The van der Waals surface area contributed by atoms with Crippen molar-refractivity contribution in [2.45, 2.75) is 19.9 Å². The van der Waals surface area contributed by atoms with Crippen molar-refractivity contribution in [2.75, 3.05) is 20.3 Å². The van der Waals surface area contributed by atoms with Gasteiger partial charge in [-0.3, -0.25) is 0 Å². The zero-order chi connectivity index (χ0) is 9.52. The molecule has 1 aromatic heterocycles. The number of rotatable bonds is 6. The number of hydrogen-bond donors (Lipinski definition) is 1. The van der Waals surface area contributed by atoms with E-state index in [1.165, 1.54) is 0 Å². The van der Waals surface area contributed by atoms with Crippen molar-refractivity contribution in [3.05, 3.63) is 11.4 Å². The Labute approximate surface area is 77.4 Å². The van der Waals surface area contributed by atoms with Crippen molar-refractivity contribution in [3.63, 3.8) is 0 Å². The number of methoxy groups -OCH3 is 1. The molecular formula is C8H15N3O2. The summed E-state index contributed by atoms with van der Waals surface area (Å²) in [6.07, 6.45) is 1.00. The second kappa shape index (κ2) is 5.66. The van der Waals surface area contributed by atoms with Crippen LogP contribution in [0.5, 0.6) is 0 Å². The summed E-state index contributed by atoms with van der Waals surface area (Å²) in [4.78, 5) is 0. The molecule has 5 nitrogen and oxygen atoms in total. The minimum Gasteiger partial charge on any atom is -0.385 e. The first kappa shape index (κ1) is 10.1. The van der Waals surface area contributed by atoms with Gasteiger partial charge in [-0.25, -0.2) is 4.63 Å². The third kappa shape index (κ3) is 3.52. The molecule has 1 heterocycles. The van der Waals surface area contributed by atoms with Gasteiger partial charge in [0.25, 0.3) is 0 Å². The predicted octanol–water partition coefficient (Wildman–Crippen LogP) is 0.504. The molecule has 0 aliphatic rings. The van der Waals surface area contributed by atoms with E-state index < -0.39 is 0 Å². The summed E-state index contributed by atoms with van der Waals surface area (Å²) in [5.41, 5.74) is 1.72. The van der Waals surface area contributed by atoms with Gasteiger partial charge >= 0.3 is 0 Å². The summed E-state index contributed by atoms with van der Waals surface area (Å²) in [7, 11) is 1.70. The van der Waals surface area contributed by atoms with Gasteiger partial charge in [0, 0.05) is 20.3 Å². The first-order chi connectivity index (χ1) is 6.34. The summed E-state index contributed by atoms with van der Waals surface area (Å²) in [5.74, 6) is 0.